The van der Waals surface area contributed by atoms with Gasteiger partial charge in [0.25, 0.3) is 0 Å². The molecule has 2 aliphatic carbocycles. The minimum absolute atomic E-state index is 0.0135. The summed E-state index contributed by atoms with van der Waals surface area (Å²) in [7, 11) is 2.73. The van der Waals surface area contributed by atoms with Crippen LogP contribution in [-0.2, 0) is 21.7 Å². The number of alkyl halides is 6. The number of rotatable bonds is 5. The summed E-state index contributed by atoms with van der Waals surface area (Å²) in [6, 6.07) is 19.5. The first-order valence-electron chi connectivity index (χ1n) is 18.9. The first-order chi connectivity index (χ1) is 26.8. The number of ether oxygens (including phenoxy) is 2. The zero-order valence-corrected chi connectivity index (χ0v) is 36.5. The molecule has 8 rings (SSSR count). The molecule has 4 aromatic heterocycles. The van der Waals surface area contributed by atoms with Crippen LogP contribution in [0.3, 0.4) is 0 Å². The maximum Gasteiger partial charge on any atom is 0.380 e. The molecule has 0 N–H and O–H groups in total. The van der Waals surface area contributed by atoms with Crippen molar-refractivity contribution in [2.45, 2.75) is 102 Å². The van der Waals surface area contributed by atoms with E-state index in [1.54, 1.807) is 0 Å². The molecule has 4 heterocycles. The number of fused-ring (bicyclic) bond motifs is 6. The van der Waals surface area contributed by atoms with Crippen LogP contribution in [0.25, 0.3) is 31.9 Å². The van der Waals surface area contributed by atoms with Gasteiger partial charge in [-0.3, -0.25) is 0 Å². The van der Waals surface area contributed by atoms with E-state index in [2.05, 4.69) is 41.5 Å². The molecule has 306 valence electrons. The summed E-state index contributed by atoms with van der Waals surface area (Å²) in [6.45, 7) is 18.5. The lowest BCUT2D eigenvalue weighted by atomic mass is 9.72. The van der Waals surface area contributed by atoms with E-state index in [9.17, 15) is 0 Å². The van der Waals surface area contributed by atoms with E-state index in [1.165, 1.54) is 55.1 Å². The van der Waals surface area contributed by atoms with Crippen LogP contribution in [0, 0.1) is 0 Å². The van der Waals surface area contributed by atoms with Gasteiger partial charge in [-0.2, -0.15) is 26.3 Å². The zero-order chi connectivity index (χ0) is 42.3. The number of hydrogen-bond donors (Lipinski definition) is 0. The Morgan fingerprint density at radius 3 is 1.71 bits per heavy atom. The highest BCUT2D eigenvalue weighted by Gasteiger charge is 2.81. The highest BCUT2D eigenvalue weighted by Crippen LogP contribution is 2.71. The highest BCUT2D eigenvalue weighted by molar-refractivity contribution is 7.22. The molecule has 0 amide bonds. The summed E-state index contributed by atoms with van der Waals surface area (Å²) >= 11 is 4.00. The first-order valence-corrected chi connectivity index (χ1v) is 21.3. The topological polar surface area (TPSA) is 31.6 Å². The maximum atomic E-state index is 16.9. The van der Waals surface area contributed by atoms with E-state index in [4.69, 9.17) is 13.9 Å². The van der Waals surface area contributed by atoms with Crippen LogP contribution in [-0.4, -0.2) is 32.0 Å². The number of hydrogen-bond acceptors (Lipinski definition) is 6. The van der Waals surface area contributed by atoms with Crippen molar-refractivity contribution in [1.29, 1.82) is 0 Å². The van der Waals surface area contributed by atoms with Crippen molar-refractivity contribution in [3.63, 3.8) is 0 Å². The second-order valence-electron chi connectivity index (χ2n) is 18.2. The Bertz CT molecular complexity index is 2630. The Labute approximate surface area is 346 Å². The molecule has 0 saturated carbocycles. The molecule has 2 aliphatic rings. The smallest absolute Gasteiger partial charge is 0.380 e. The second kappa shape index (κ2) is 12.8. The van der Waals surface area contributed by atoms with Crippen molar-refractivity contribution < 1.29 is 40.2 Å². The molecule has 1 atom stereocenters. The molecule has 0 radical (unpaired) electrons. The molecule has 6 aromatic rings. The lowest BCUT2D eigenvalue weighted by molar-refractivity contribution is -0.254. The third kappa shape index (κ3) is 5.56. The lowest BCUT2D eigenvalue weighted by Gasteiger charge is -2.34. The van der Waals surface area contributed by atoms with Gasteiger partial charge in [-0.15, -0.1) is 34.0 Å². The van der Waals surface area contributed by atoms with Gasteiger partial charge < -0.3 is 13.9 Å². The van der Waals surface area contributed by atoms with Crippen LogP contribution < -0.4 is 9.47 Å². The van der Waals surface area contributed by atoms with Gasteiger partial charge >= 0.3 is 17.8 Å². The molecule has 0 spiro atoms. The summed E-state index contributed by atoms with van der Waals surface area (Å²) in [5, 5.41) is -0.0833. The van der Waals surface area contributed by atoms with Crippen LogP contribution in [0.15, 0.2) is 71.1 Å². The molecule has 12 heteroatoms. The third-order valence-corrected chi connectivity index (χ3v) is 15.9. The van der Waals surface area contributed by atoms with Crippen LogP contribution in [0.5, 0.6) is 11.5 Å². The summed E-state index contributed by atoms with van der Waals surface area (Å²) in [4.78, 5) is 3.90. The van der Waals surface area contributed by atoms with Crippen LogP contribution in [0.1, 0.15) is 110 Å². The number of thiophene rings is 3. The monoisotopic (exact) mass is 854 g/mol. The SMILES string of the molecule is COc1cc2oc3c(c2cc1OC)C1=C(c2cc(-c4ccc(C(C)(C)C)s4)sc2C3(c2ccc(C(C)(C)C)cc2)c2ccc(C(C)(C)C)s2)C(F)(F)C(F)(F)C1(F)F. The van der Waals surface area contributed by atoms with Gasteiger partial charge in [0.1, 0.15) is 16.8 Å². The molecule has 58 heavy (non-hydrogen) atoms. The summed E-state index contributed by atoms with van der Waals surface area (Å²) < 4.78 is 118. The Kier molecular flexibility index (Phi) is 8.96. The minimum Gasteiger partial charge on any atom is -0.493 e. The van der Waals surface area contributed by atoms with Crippen molar-refractivity contribution >= 4 is 56.1 Å². The minimum atomic E-state index is -5.78. The Balaban J connectivity index is 1.63. The molecule has 2 aromatic carbocycles. The molecule has 0 fully saturated rings. The molecule has 0 bridgehead atoms. The largest absolute Gasteiger partial charge is 0.493 e. The standard InChI is InChI=1S/C46H44F6O3S3/c1-40(2,3)23-12-14-24(15-13-23)43(34-19-18-33(58-34)42(7,8)9)38-35(25-20-28(53-10)29(54-11)22-27(25)55-38)37-36(44(47,48)46(51,52)45(37,49)50)26-21-31(57-39(26)43)30-16-17-32(56-30)41(4,5)6/h12-22H,1-11H3. The average molecular weight is 855 g/mol. The normalized spacial score (nSPS) is 19.9. The Morgan fingerprint density at radius 2 is 1.16 bits per heavy atom. The van der Waals surface area contributed by atoms with Gasteiger partial charge in [0.2, 0.25) is 0 Å². The highest BCUT2D eigenvalue weighted by atomic mass is 32.1. The van der Waals surface area contributed by atoms with Crippen molar-refractivity contribution in [3.8, 4) is 21.3 Å². The van der Waals surface area contributed by atoms with Gasteiger partial charge in [-0.1, -0.05) is 86.6 Å². The number of methoxy groups -OCH3 is 2. The number of halogens is 6. The van der Waals surface area contributed by atoms with Gasteiger partial charge in [0.15, 0.2) is 11.5 Å². The zero-order valence-electron chi connectivity index (χ0n) is 34.1. The lowest BCUT2D eigenvalue weighted by Crippen LogP contribution is -2.49. The van der Waals surface area contributed by atoms with E-state index in [0.717, 1.165) is 26.7 Å². The predicted octanol–water partition coefficient (Wildman–Crippen LogP) is 14.7. The molecule has 0 saturated heterocycles. The van der Waals surface area contributed by atoms with Crippen molar-refractivity contribution in [2.75, 3.05) is 14.2 Å². The Morgan fingerprint density at radius 1 is 0.586 bits per heavy atom. The maximum absolute atomic E-state index is 16.9. The predicted molar refractivity (Wildman–Crippen MR) is 224 cm³/mol. The molecule has 0 aliphatic heterocycles. The van der Waals surface area contributed by atoms with Crippen LogP contribution in [0.4, 0.5) is 26.3 Å². The molecule has 1 unspecified atom stereocenters. The fourth-order valence-electron chi connectivity index (χ4n) is 8.09. The molecular weight excluding hydrogens is 811 g/mol. The number of allylic oxidation sites excluding steroid dienone is 2. The number of furan rings is 1. The van der Waals surface area contributed by atoms with Crippen LogP contribution in [0.2, 0.25) is 0 Å². The van der Waals surface area contributed by atoms with Crippen LogP contribution >= 0.6 is 34.0 Å². The Hall–Kier alpha value is -4.00. The van der Waals surface area contributed by atoms with E-state index in [-0.39, 0.29) is 54.9 Å². The van der Waals surface area contributed by atoms with Gasteiger partial charge in [-0.25, -0.2) is 0 Å². The van der Waals surface area contributed by atoms with Gasteiger partial charge in [0.05, 0.1) is 14.2 Å². The summed E-state index contributed by atoms with van der Waals surface area (Å²) in [5.41, 5.74) is -4.84. The summed E-state index contributed by atoms with van der Waals surface area (Å²) in [6.07, 6.45) is 0. The van der Waals surface area contributed by atoms with E-state index >= 15 is 26.3 Å². The van der Waals surface area contributed by atoms with Gasteiger partial charge in [-0.05, 0) is 63.8 Å². The fourth-order valence-corrected chi connectivity index (χ4v) is 12.0. The molecular formula is C46H44F6O3S3. The van der Waals surface area contributed by atoms with E-state index in [0.29, 0.717) is 20.2 Å². The fraction of sp³-hybridized carbons (Fsp3) is 0.391. The average Bonchev–Trinajstić information content (AvgIpc) is 3.96. The second-order valence-corrected chi connectivity index (χ2v) is 21.5. The quantitative estimate of drug-likeness (QED) is 0.162. The van der Waals surface area contributed by atoms with E-state index < -0.39 is 39.9 Å². The van der Waals surface area contributed by atoms with Crippen molar-refractivity contribution in [1.82, 2.24) is 0 Å². The van der Waals surface area contributed by atoms with Gasteiger partial charge in [0, 0.05) is 63.0 Å². The third-order valence-electron chi connectivity index (χ3n) is 11.3. The van der Waals surface area contributed by atoms with Crippen molar-refractivity contribution in [2.24, 2.45) is 0 Å². The van der Waals surface area contributed by atoms with E-state index in [1.807, 2.05) is 69.3 Å². The molecule has 3 nitrogen and oxygen atoms in total. The number of benzene rings is 2. The first kappa shape index (κ1) is 40.8. The van der Waals surface area contributed by atoms with Crippen molar-refractivity contribution in [3.05, 3.63) is 114 Å². The summed E-state index contributed by atoms with van der Waals surface area (Å²) in [5.74, 6) is -16.3.